The molecule has 14 heteroatoms. The van der Waals surface area contributed by atoms with Gasteiger partial charge >= 0.3 is 5.97 Å². The van der Waals surface area contributed by atoms with Crippen molar-refractivity contribution in [2.75, 3.05) is 18.2 Å². The van der Waals surface area contributed by atoms with Gasteiger partial charge in [0.2, 0.25) is 5.60 Å². The zero-order chi connectivity index (χ0) is 62.0. The molecule has 10 aromatic carbocycles. The van der Waals surface area contributed by atoms with Gasteiger partial charge in [-0.1, -0.05) is 290 Å². The van der Waals surface area contributed by atoms with Crippen LogP contribution in [0.4, 0.5) is 5.13 Å². The van der Waals surface area contributed by atoms with Crippen LogP contribution in [0.25, 0.3) is 0 Å². The molecule has 0 saturated carbocycles. The highest BCUT2D eigenvalue weighted by molar-refractivity contribution is 8.00. The van der Waals surface area contributed by atoms with Crippen molar-refractivity contribution in [1.29, 1.82) is 0 Å². The number of thioether (sulfide) groups is 1. The third-order valence-electron chi connectivity index (χ3n) is 16.5. The molecule has 11 aromatic rings. The van der Waals surface area contributed by atoms with Crippen LogP contribution in [0.2, 0.25) is 0 Å². The number of aromatic nitrogens is 1. The highest BCUT2D eigenvalue weighted by atomic mass is 32.2. The first-order chi connectivity index (χ1) is 44.8. The summed E-state index contributed by atoms with van der Waals surface area (Å²) in [5.41, 5.74) is 4.28. The SMILES string of the molecule is COc1ccc(COC(=O)C2=C(C=P(c3ccccc3)(c3ccccc3)c3ccccc3)CS[C@@H]3[C@H](NC(=O)/C(=N/OC(c4ccccc4)(c4ccccc4)c4ccccc4)c4csc(NC(c5ccccc5)(c5ccccc5)c5ccccc5)n4)C(=O)N23)cc1. The average molecular weight is 1250 g/mol. The summed E-state index contributed by atoms with van der Waals surface area (Å²) >= 11 is 2.78. The van der Waals surface area contributed by atoms with E-state index in [1.165, 1.54) is 28.0 Å². The summed E-state index contributed by atoms with van der Waals surface area (Å²) in [6, 6.07) is 97.0. The zero-order valence-corrected chi connectivity index (χ0v) is 52.1. The molecule has 0 bridgehead atoms. The van der Waals surface area contributed by atoms with Crippen LogP contribution < -0.4 is 31.3 Å². The van der Waals surface area contributed by atoms with Crippen LogP contribution in [-0.2, 0) is 41.7 Å². The Morgan fingerprint density at radius 1 is 0.582 bits per heavy atom. The number of hydrogen-bond donors (Lipinski definition) is 2. The number of oxime groups is 1. The van der Waals surface area contributed by atoms with Crippen molar-refractivity contribution in [2.24, 2.45) is 5.16 Å². The number of anilines is 1. The molecule has 2 N–H and O–H groups in total. The number of amides is 2. The average Bonchev–Trinajstić information content (AvgIpc) is 1.07. The molecule has 2 atom stereocenters. The van der Waals surface area contributed by atoms with Crippen molar-refractivity contribution in [3.63, 3.8) is 0 Å². The van der Waals surface area contributed by atoms with Crippen LogP contribution in [-0.4, -0.2) is 63.5 Å². The van der Waals surface area contributed by atoms with Crippen LogP contribution in [0.3, 0.4) is 0 Å². The maximum absolute atomic E-state index is 15.8. The Labute approximate surface area is 537 Å². The number of ether oxygens (including phenoxy) is 2. The number of fused-ring (bicyclic) bond motifs is 1. The standard InChI is InChI=1S/C77H62N5O6PS2/c1-86-63-49-47-55(48-50-63)51-87-74(85)70-56(52-89(64-41-23-8-24-42-64,65-43-25-9-26-44-65)66-45-27-10-28-46-66)53-90-73-69(72(84)82(70)73)79-71(83)68(81-88-77(60-35-17-5-18-36-60,61-37-19-6-20-38-61)62-39-21-7-22-40-62)67-54-91-75(78-67)80-76(57-29-11-2-12-30-57,58-31-13-3-14-32-58)59-33-15-4-16-34-59/h2-50,52,54,69,73H,51,53H2,1H3,(H,78,80)(H,79,83)/b81-68+/t69-,73-/m1/s1. The number of esters is 1. The maximum Gasteiger partial charge on any atom is 0.355 e. The first-order valence-corrected chi connectivity index (χ1v) is 33.6. The molecular formula is C77H62N5O6PS2. The minimum atomic E-state index is -2.73. The number of thiazole rings is 1. The fourth-order valence-electron chi connectivity index (χ4n) is 12.2. The third-order valence-corrected chi connectivity index (χ3v) is 22.6. The highest BCUT2D eigenvalue weighted by Crippen LogP contribution is 2.49. The Balaban J connectivity index is 0.928. The molecule has 448 valence electrons. The molecule has 0 spiro atoms. The van der Waals surface area contributed by atoms with Crippen LogP contribution in [0.5, 0.6) is 5.75 Å². The van der Waals surface area contributed by atoms with E-state index in [0.29, 0.717) is 22.2 Å². The summed E-state index contributed by atoms with van der Waals surface area (Å²) in [5.74, 6) is 1.29. The van der Waals surface area contributed by atoms with E-state index < -0.39 is 47.2 Å². The molecule has 0 unspecified atom stereocenters. The lowest BCUT2D eigenvalue weighted by atomic mass is 9.77. The number of benzene rings is 10. The Morgan fingerprint density at radius 3 is 1.43 bits per heavy atom. The monoisotopic (exact) mass is 1250 g/mol. The van der Waals surface area contributed by atoms with Gasteiger partial charge in [0, 0.05) is 27.8 Å². The van der Waals surface area contributed by atoms with Gasteiger partial charge < -0.3 is 24.9 Å². The van der Waals surface area contributed by atoms with E-state index in [4.69, 9.17) is 24.5 Å². The first-order valence-electron chi connectivity index (χ1n) is 29.8. The molecular weight excluding hydrogens is 1190 g/mol. The van der Waals surface area contributed by atoms with Crippen LogP contribution in [0, 0.1) is 0 Å². The Hall–Kier alpha value is -10.3. The van der Waals surface area contributed by atoms with E-state index in [2.05, 4.69) is 89.2 Å². The molecule has 13 rings (SSSR count). The van der Waals surface area contributed by atoms with Gasteiger partial charge in [-0.2, -0.15) is 0 Å². The topological polar surface area (TPSA) is 131 Å². The highest BCUT2D eigenvalue weighted by Gasteiger charge is 2.55. The fraction of sp³-hybridized carbons (Fsp3) is 0.0909. The van der Waals surface area contributed by atoms with Gasteiger partial charge in [-0.15, -0.1) is 23.1 Å². The van der Waals surface area contributed by atoms with Gasteiger partial charge in [0.05, 0.1) is 7.11 Å². The van der Waals surface area contributed by atoms with E-state index >= 15 is 14.4 Å². The molecule has 1 fully saturated rings. The van der Waals surface area contributed by atoms with E-state index in [1.54, 1.807) is 12.5 Å². The summed E-state index contributed by atoms with van der Waals surface area (Å²) < 4.78 is 11.6. The molecule has 11 nitrogen and oxygen atoms in total. The van der Waals surface area contributed by atoms with Crippen LogP contribution in [0.15, 0.2) is 319 Å². The van der Waals surface area contributed by atoms with Crippen LogP contribution >= 0.6 is 30.0 Å². The molecule has 1 aromatic heterocycles. The van der Waals surface area contributed by atoms with Gasteiger partial charge in [-0.3, -0.25) is 14.5 Å². The van der Waals surface area contributed by atoms with Gasteiger partial charge in [0.15, 0.2) is 10.8 Å². The predicted octanol–water partition coefficient (Wildman–Crippen LogP) is 13.5. The number of nitrogens with one attached hydrogen (secondary N) is 2. The van der Waals surface area contributed by atoms with E-state index in [1.807, 2.05) is 224 Å². The number of hydrogen-bond acceptors (Lipinski definition) is 11. The third kappa shape index (κ3) is 11.7. The number of nitrogens with zero attached hydrogens (tertiary/aromatic N) is 3. The molecule has 2 aliphatic heterocycles. The van der Waals surface area contributed by atoms with Crippen molar-refractivity contribution in [1.82, 2.24) is 15.2 Å². The minimum absolute atomic E-state index is 0.0696. The number of carbonyl (C=O) groups excluding carboxylic acids is 3. The number of rotatable bonds is 21. The largest absolute Gasteiger partial charge is 0.497 e. The Kier molecular flexibility index (Phi) is 17.6. The summed E-state index contributed by atoms with van der Waals surface area (Å²) in [5, 5.41) is 16.7. The van der Waals surface area contributed by atoms with Crippen LogP contribution in [0.1, 0.15) is 44.6 Å². The molecule has 0 aliphatic carbocycles. The van der Waals surface area contributed by atoms with Crippen molar-refractivity contribution in [3.05, 3.63) is 359 Å². The number of carbonyl (C=O) groups is 3. The minimum Gasteiger partial charge on any atom is -0.497 e. The van der Waals surface area contributed by atoms with E-state index in [-0.39, 0.29) is 23.7 Å². The number of methoxy groups -OCH3 is 1. The fourth-order valence-corrected chi connectivity index (χ4v) is 18.3. The van der Waals surface area contributed by atoms with E-state index in [0.717, 1.165) is 54.9 Å². The summed E-state index contributed by atoms with van der Waals surface area (Å²) in [7, 11) is 1.60. The molecule has 3 heterocycles. The second-order valence-corrected chi connectivity index (χ2v) is 27.1. The second kappa shape index (κ2) is 26.8. The molecule has 2 aliphatic rings. The number of β-lactam (4-membered cyclic amide) rings is 1. The van der Waals surface area contributed by atoms with Gasteiger partial charge in [0.1, 0.15) is 40.7 Å². The lowest BCUT2D eigenvalue weighted by molar-refractivity contribution is -0.153. The predicted molar refractivity (Wildman–Crippen MR) is 368 cm³/mol. The maximum atomic E-state index is 15.8. The quantitative estimate of drug-likeness (QED) is 0.0180. The van der Waals surface area contributed by atoms with Crippen molar-refractivity contribution in [3.8, 4) is 5.75 Å². The van der Waals surface area contributed by atoms with Gasteiger partial charge in [-0.05, 0) is 68.6 Å². The van der Waals surface area contributed by atoms with Gasteiger partial charge in [0.25, 0.3) is 11.8 Å². The lowest BCUT2D eigenvalue weighted by Gasteiger charge is -2.49. The Morgan fingerprint density at radius 2 is 1.00 bits per heavy atom. The molecule has 0 radical (unpaired) electrons. The molecule has 91 heavy (non-hydrogen) atoms. The summed E-state index contributed by atoms with van der Waals surface area (Å²) in [6.45, 7) is -2.80. The molecule has 2 amide bonds. The summed E-state index contributed by atoms with van der Waals surface area (Å²) in [4.78, 5) is 60.3. The van der Waals surface area contributed by atoms with Crippen molar-refractivity contribution in [2.45, 2.75) is 29.2 Å². The van der Waals surface area contributed by atoms with Crippen molar-refractivity contribution < 1.29 is 28.7 Å². The van der Waals surface area contributed by atoms with E-state index in [9.17, 15) is 0 Å². The normalized spacial score (nSPS) is 14.9. The smallest absolute Gasteiger partial charge is 0.355 e. The zero-order valence-electron chi connectivity index (χ0n) is 49.6. The lowest BCUT2D eigenvalue weighted by Crippen LogP contribution is -2.71. The second-order valence-electron chi connectivity index (χ2n) is 21.8. The van der Waals surface area contributed by atoms with Crippen molar-refractivity contribution >= 4 is 80.3 Å². The summed E-state index contributed by atoms with van der Waals surface area (Å²) in [6.07, 6.45) is 0. The molecule has 1 saturated heterocycles. The Bertz CT molecular complexity index is 4140. The first kappa shape index (κ1) is 59.7. The van der Waals surface area contributed by atoms with Gasteiger partial charge in [-0.25, -0.2) is 9.78 Å².